The van der Waals surface area contributed by atoms with Crippen LogP contribution >= 0.6 is 11.3 Å². The fraction of sp³-hybridized carbons (Fsp3) is 0.316. The lowest BCUT2D eigenvalue weighted by molar-refractivity contribution is -0.125. The molecule has 1 aromatic heterocycles. The molecule has 4 rings (SSSR count). The first-order valence-electron chi connectivity index (χ1n) is 8.65. The van der Waals surface area contributed by atoms with E-state index < -0.39 is 6.04 Å². The minimum Gasteiger partial charge on any atom is -0.375 e. The quantitative estimate of drug-likeness (QED) is 0.839. The molecule has 7 nitrogen and oxygen atoms in total. The van der Waals surface area contributed by atoms with E-state index in [0.29, 0.717) is 24.2 Å². The molecule has 2 atom stereocenters. The highest BCUT2D eigenvalue weighted by Crippen LogP contribution is 2.33. The third kappa shape index (κ3) is 3.33. The maximum absolute atomic E-state index is 13.1. The fourth-order valence-corrected chi connectivity index (χ4v) is 4.33. The van der Waals surface area contributed by atoms with Gasteiger partial charge in [0.1, 0.15) is 12.6 Å². The summed E-state index contributed by atoms with van der Waals surface area (Å²) in [5.74, 6) is -0.682. The molecule has 1 aromatic carbocycles. The molecule has 2 aromatic rings. The van der Waals surface area contributed by atoms with Crippen molar-refractivity contribution in [3.63, 3.8) is 0 Å². The highest BCUT2D eigenvalue weighted by Gasteiger charge is 2.43. The van der Waals surface area contributed by atoms with Crippen molar-refractivity contribution in [2.24, 2.45) is 0 Å². The number of carbonyl (C=O) groups is 3. The number of thiophene rings is 1. The summed E-state index contributed by atoms with van der Waals surface area (Å²) in [7, 11) is 1.45. The lowest BCUT2D eigenvalue weighted by atomic mass is 10.1. The van der Waals surface area contributed by atoms with Gasteiger partial charge in [0.15, 0.2) is 0 Å². The van der Waals surface area contributed by atoms with Crippen LogP contribution < -0.4 is 10.6 Å². The van der Waals surface area contributed by atoms with Crippen molar-refractivity contribution in [3.8, 4) is 10.4 Å². The molecule has 0 saturated carbocycles. The number of nitrogens with one attached hydrogen (secondary N) is 2. The first-order valence-corrected chi connectivity index (χ1v) is 9.53. The van der Waals surface area contributed by atoms with E-state index in [-0.39, 0.29) is 30.4 Å². The number of ether oxygens (including phenoxy) is 1. The van der Waals surface area contributed by atoms with Gasteiger partial charge in [-0.3, -0.25) is 14.4 Å². The van der Waals surface area contributed by atoms with Crippen LogP contribution in [0.4, 0.5) is 5.69 Å². The third-order valence-corrected chi connectivity index (χ3v) is 5.74. The van der Waals surface area contributed by atoms with E-state index in [9.17, 15) is 14.4 Å². The number of hydrogen-bond donors (Lipinski definition) is 2. The maximum atomic E-state index is 13.1. The van der Waals surface area contributed by atoms with E-state index in [1.165, 1.54) is 7.11 Å². The van der Waals surface area contributed by atoms with Gasteiger partial charge in [0.05, 0.1) is 11.3 Å². The molecular formula is C19H19N3O4S. The zero-order valence-corrected chi connectivity index (χ0v) is 15.5. The Morgan fingerprint density at radius 2 is 2.22 bits per heavy atom. The Balaban J connectivity index is 1.61. The minimum absolute atomic E-state index is 0.0473. The highest BCUT2D eigenvalue weighted by molar-refractivity contribution is 7.13. The predicted octanol–water partition coefficient (Wildman–Crippen LogP) is 1.71. The maximum Gasteiger partial charge on any atom is 0.256 e. The lowest BCUT2D eigenvalue weighted by Gasteiger charge is -2.20. The van der Waals surface area contributed by atoms with Gasteiger partial charge in [-0.15, -0.1) is 11.3 Å². The molecule has 2 aliphatic rings. The molecular weight excluding hydrogens is 366 g/mol. The van der Waals surface area contributed by atoms with Gasteiger partial charge in [-0.1, -0.05) is 12.1 Å². The van der Waals surface area contributed by atoms with Crippen molar-refractivity contribution in [2.45, 2.75) is 18.5 Å². The van der Waals surface area contributed by atoms with Gasteiger partial charge in [0, 0.05) is 24.6 Å². The van der Waals surface area contributed by atoms with Crippen molar-refractivity contribution >= 4 is 34.7 Å². The van der Waals surface area contributed by atoms with E-state index >= 15 is 0 Å². The van der Waals surface area contributed by atoms with Crippen LogP contribution in [0, 0.1) is 0 Å². The van der Waals surface area contributed by atoms with Gasteiger partial charge in [0.2, 0.25) is 11.8 Å². The summed E-state index contributed by atoms with van der Waals surface area (Å²) in [6, 6.07) is 8.59. The summed E-state index contributed by atoms with van der Waals surface area (Å²) in [4.78, 5) is 40.2. The van der Waals surface area contributed by atoms with Gasteiger partial charge in [0.25, 0.3) is 5.91 Å². The Morgan fingerprint density at radius 1 is 1.37 bits per heavy atom. The van der Waals surface area contributed by atoms with Crippen LogP contribution in [0.15, 0.2) is 35.7 Å². The molecule has 0 radical (unpaired) electrons. The van der Waals surface area contributed by atoms with Crippen LogP contribution in [0.2, 0.25) is 0 Å². The Bertz CT molecular complexity index is 896. The Labute approximate surface area is 160 Å². The first-order chi connectivity index (χ1) is 13.1. The molecule has 140 valence electrons. The van der Waals surface area contributed by atoms with Crippen LogP contribution in [0.3, 0.4) is 0 Å². The second kappa shape index (κ2) is 7.13. The van der Waals surface area contributed by atoms with Crippen LogP contribution in [0.5, 0.6) is 0 Å². The molecule has 1 fully saturated rings. The summed E-state index contributed by atoms with van der Waals surface area (Å²) in [6.45, 7) is 0.253. The zero-order chi connectivity index (χ0) is 19.0. The molecule has 27 heavy (non-hydrogen) atoms. The first kappa shape index (κ1) is 17.7. The SMILES string of the molecule is COCC(=O)N[C@@H]1C[C@@H]2C(=O)Nc3ccc(-c4cccs4)cc3C(=O)N2C1. The van der Waals surface area contributed by atoms with Crippen LogP contribution in [0.25, 0.3) is 10.4 Å². The summed E-state index contributed by atoms with van der Waals surface area (Å²) in [5, 5.41) is 7.66. The lowest BCUT2D eigenvalue weighted by Crippen LogP contribution is -2.41. The number of anilines is 1. The summed E-state index contributed by atoms with van der Waals surface area (Å²) in [5.41, 5.74) is 1.94. The van der Waals surface area contributed by atoms with Crippen LogP contribution in [0.1, 0.15) is 16.8 Å². The molecule has 1 saturated heterocycles. The Kier molecular flexibility index (Phi) is 4.67. The molecule has 2 N–H and O–H groups in total. The second-order valence-electron chi connectivity index (χ2n) is 6.63. The number of fused-ring (bicyclic) bond motifs is 2. The van der Waals surface area contributed by atoms with E-state index in [1.54, 1.807) is 22.3 Å². The molecule has 8 heteroatoms. The molecule has 3 amide bonds. The summed E-state index contributed by atoms with van der Waals surface area (Å²) < 4.78 is 4.82. The van der Waals surface area contributed by atoms with Gasteiger partial charge in [-0.25, -0.2) is 0 Å². The topological polar surface area (TPSA) is 87.7 Å². The smallest absolute Gasteiger partial charge is 0.256 e. The highest BCUT2D eigenvalue weighted by atomic mass is 32.1. The van der Waals surface area contributed by atoms with Crippen molar-refractivity contribution in [1.82, 2.24) is 10.2 Å². The molecule has 3 heterocycles. The summed E-state index contributed by atoms with van der Waals surface area (Å²) in [6.07, 6.45) is 0.388. The van der Waals surface area contributed by atoms with Gasteiger partial charge in [-0.2, -0.15) is 0 Å². The Hall–Kier alpha value is -2.71. The molecule has 0 spiro atoms. The summed E-state index contributed by atoms with van der Waals surface area (Å²) >= 11 is 1.59. The number of amides is 3. The van der Waals surface area contributed by atoms with Crippen molar-refractivity contribution in [3.05, 3.63) is 41.3 Å². The van der Waals surface area contributed by atoms with E-state index in [2.05, 4.69) is 10.6 Å². The van der Waals surface area contributed by atoms with E-state index in [4.69, 9.17) is 4.74 Å². The largest absolute Gasteiger partial charge is 0.375 e. The van der Waals surface area contributed by atoms with Crippen LogP contribution in [-0.2, 0) is 14.3 Å². The molecule has 0 unspecified atom stereocenters. The van der Waals surface area contributed by atoms with Gasteiger partial charge >= 0.3 is 0 Å². The number of benzene rings is 1. The standard InChI is InChI=1S/C19H19N3O4S/c1-26-10-17(23)20-12-8-15-18(24)21-14-5-4-11(16-3-2-6-27-16)7-13(14)19(25)22(15)9-12/h2-7,12,15H,8-10H2,1H3,(H,20,23)(H,21,24)/t12-,15-/m1/s1. The average molecular weight is 385 g/mol. The average Bonchev–Trinajstić information content (AvgIpc) is 3.30. The van der Waals surface area contributed by atoms with E-state index in [0.717, 1.165) is 10.4 Å². The van der Waals surface area contributed by atoms with Crippen molar-refractivity contribution in [1.29, 1.82) is 0 Å². The van der Waals surface area contributed by atoms with E-state index in [1.807, 2.05) is 29.6 Å². The van der Waals surface area contributed by atoms with Gasteiger partial charge in [-0.05, 0) is 35.6 Å². The normalized spacial score (nSPS) is 21.3. The third-order valence-electron chi connectivity index (χ3n) is 4.82. The monoisotopic (exact) mass is 385 g/mol. The molecule has 0 bridgehead atoms. The van der Waals surface area contributed by atoms with Gasteiger partial charge < -0.3 is 20.3 Å². The number of nitrogens with zero attached hydrogens (tertiary/aromatic N) is 1. The van der Waals surface area contributed by atoms with Crippen LogP contribution in [-0.4, -0.2) is 55.0 Å². The number of rotatable bonds is 4. The number of hydrogen-bond acceptors (Lipinski definition) is 5. The second-order valence-corrected chi connectivity index (χ2v) is 7.58. The fourth-order valence-electron chi connectivity index (χ4n) is 3.61. The van der Waals surface area contributed by atoms with Crippen molar-refractivity contribution in [2.75, 3.05) is 25.6 Å². The number of carbonyl (C=O) groups excluding carboxylic acids is 3. The Morgan fingerprint density at radius 3 is 2.96 bits per heavy atom. The van der Waals surface area contributed by atoms with Crippen molar-refractivity contribution < 1.29 is 19.1 Å². The molecule has 2 aliphatic heterocycles. The predicted molar refractivity (Wildman–Crippen MR) is 102 cm³/mol. The minimum atomic E-state index is -0.595. The zero-order valence-electron chi connectivity index (χ0n) is 14.7. The number of methoxy groups -OCH3 is 1. The molecule has 0 aliphatic carbocycles.